The first kappa shape index (κ1) is 68.1. The molecule has 4 rings (SSSR count). The number of alkyl carbamates (subject to hydrolysis) is 1. The van der Waals surface area contributed by atoms with Crippen molar-refractivity contribution in [2.45, 2.75) is 154 Å². The number of nitrogens with one attached hydrogen (secondary N) is 5. The van der Waals surface area contributed by atoms with Crippen molar-refractivity contribution in [3.05, 3.63) is 95.6 Å². The summed E-state index contributed by atoms with van der Waals surface area (Å²) in [4.78, 5) is 118. The Bertz CT molecular complexity index is 2450. The summed E-state index contributed by atoms with van der Waals surface area (Å²) in [6, 6.07) is 20.2. The Morgan fingerprint density at radius 2 is 1.02 bits per heavy atom. The minimum atomic E-state index is -1.45. The van der Waals surface area contributed by atoms with E-state index in [1.165, 1.54) is 0 Å². The number of fused-ring (bicyclic) bond motifs is 3. The first-order chi connectivity index (χ1) is 40.2. The number of carbonyl (C=O) groups excluding carboxylic acids is 9. The predicted molar refractivity (Wildman–Crippen MR) is 307 cm³/mol. The van der Waals surface area contributed by atoms with Gasteiger partial charge in [0.2, 0.25) is 23.6 Å². The highest BCUT2D eigenvalue weighted by Gasteiger charge is 2.32. The molecule has 1 aliphatic rings. The number of benzene rings is 3. The van der Waals surface area contributed by atoms with E-state index in [0.717, 1.165) is 41.5 Å². The van der Waals surface area contributed by atoms with Gasteiger partial charge < -0.3 is 65.5 Å². The van der Waals surface area contributed by atoms with Crippen LogP contribution in [0.5, 0.6) is 0 Å². The number of nitrogens with two attached hydrogens (primary N) is 1. The summed E-state index contributed by atoms with van der Waals surface area (Å²) >= 11 is 0. The molecule has 3 aromatic carbocycles. The Kier molecular flexibility index (Phi) is 32.7. The van der Waals surface area contributed by atoms with E-state index in [4.69, 9.17) is 38.9 Å². The number of hydrogen-bond donors (Lipinski definition) is 6. The smallest absolute Gasteiger partial charge is 0.407 e. The minimum absolute atomic E-state index is 0.0299. The van der Waals surface area contributed by atoms with Gasteiger partial charge in [-0.25, -0.2) is 14.4 Å². The molecule has 4 unspecified atom stereocenters. The van der Waals surface area contributed by atoms with Gasteiger partial charge in [-0.1, -0.05) is 119 Å². The van der Waals surface area contributed by atoms with Crippen LogP contribution in [0.3, 0.4) is 0 Å². The van der Waals surface area contributed by atoms with Gasteiger partial charge in [-0.3, -0.25) is 28.8 Å². The normalized spacial score (nSPS) is 12.9. The second-order valence-corrected chi connectivity index (χ2v) is 20.0. The van der Waals surface area contributed by atoms with Crippen LogP contribution < -0.4 is 32.3 Å². The fraction of sp³-hybridized carbons (Fsp3) is 0.557. The fourth-order valence-electron chi connectivity index (χ4n) is 8.62. The van der Waals surface area contributed by atoms with Crippen molar-refractivity contribution >= 4 is 53.6 Å². The molecular formula is C61H86N6O16. The van der Waals surface area contributed by atoms with Crippen molar-refractivity contribution < 1.29 is 76.3 Å². The molecule has 0 spiro atoms. The van der Waals surface area contributed by atoms with Gasteiger partial charge in [0.1, 0.15) is 37.9 Å². The van der Waals surface area contributed by atoms with Gasteiger partial charge in [0.05, 0.1) is 45.7 Å². The zero-order chi connectivity index (χ0) is 60.0. The molecule has 1 aliphatic carbocycles. The van der Waals surface area contributed by atoms with E-state index < -0.39 is 84.9 Å². The first-order valence-electron chi connectivity index (χ1n) is 29.1. The molecule has 0 bridgehead atoms. The zero-order valence-electron chi connectivity index (χ0n) is 48.4. The van der Waals surface area contributed by atoms with Crippen molar-refractivity contribution in [1.82, 2.24) is 26.6 Å². The van der Waals surface area contributed by atoms with E-state index in [9.17, 15) is 43.2 Å². The van der Waals surface area contributed by atoms with Crippen molar-refractivity contribution in [3.8, 4) is 11.1 Å². The van der Waals surface area contributed by atoms with E-state index in [0.29, 0.717) is 50.6 Å². The third-order valence-electron chi connectivity index (χ3n) is 13.3. The average Bonchev–Trinajstić information content (AvgIpc) is 3.84. The number of amides is 5. The van der Waals surface area contributed by atoms with Crippen LogP contribution in [0.2, 0.25) is 0 Å². The molecule has 7 N–H and O–H groups in total. The molecule has 3 aromatic rings. The SMILES string of the molecule is CCCCOC(=O)CCC(NC(=O)CCC(NC(=O)COCCOCCNC(=O)C(N)CCCCNC(=O)OCC1c2ccccc2-c2ccccc21)C(=O)NC(CCC(=O)OCCCC)C(=O)OCc1ccccc1)C(=O)OCCCC. The number of unbranched alkanes of at least 4 members (excludes halogenated alkanes) is 4. The lowest BCUT2D eigenvalue weighted by molar-refractivity contribution is -0.151. The second-order valence-electron chi connectivity index (χ2n) is 20.0. The maximum atomic E-state index is 14.1. The van der Waals surface area contributed by atoms with Crippen LogP contribution in [-0.2, 0) is 78.1 Å². The summed E-state index contributed by atoms with van der Waals surface area (Å²) in [5, 5.41) is 13.2. The Labute approximate surface area is 487 Å². The molecule has 0 saturated carbocycles. The van der Waals surface area contributed by atoms with Crippen LogP contribution in [0.4, 0.5) is 4.79 Å². The van der Waals surface area contributed by atoms with E-state index in [1.54, 1.807) is 30.3 Å². The van der Waals surface area contributed by atoms with Crippen LogP contribution in [0.15, 0.2) is 78.9 Å². The molecule has 4 atom stereocenters. The highest BCUT2D eigenvalue weighted by molar-refractivity contribution is 5.92. The monoisotopic (exact) mass is 1160 g/mol. The summed E-state index contributed by atoms with van der Waals surface area (Å²) in [5.41, 5.74) is 11.3. The van der Waals surface area contributed by atoms with Gasteiger partial charge in [0.25, 0.3) is 0 Å². The van der Waals surface area contributed by atoms with Crippen LogP contribution in [0, 0.1) is 0 Å². The third-order valence-corrected chi connectivity index (χ3v) is 13.3. The van der Waals surface area contributed by atoms with Gasteiger partial charge in [-0.15, -0.1) is 0 Å². The Morgan fingerprint density at radius 1 is 0.482 bits per heavy atom. The maximum Gasteiger partial charge on any atom is 0.407 e. The minimum Gasteiger partial charge on any atom is -0.466 e. The summed E-state index contributed by atoms with van der Waals surface area (Å²) in [6.07, 6.45) is 3.77. The highest BCUT2D eigenvalue weighted by atomic mass is 16.6. The molecule has 0 aliphatic heterocycles. The fourth-order valence-corrected chi connectivity index (χ4v) is 8.62. The summed E-state index contributed by atoms with van der Waals surface area (Å²) in [7, 11) is 0. The lowest BCUT2D eigenvalue weighted by atomic mass is 9.98. The largest absolute Gasteiger partial charge is 0.466 e. The molecule has 0 saturated heterocycles. The number of ether oxygens (including phenoxy) is 7. The van der Waals surface area contributed by atoms with Crippen LogP contribution >= 0.6 is 0 Å². The molecule has 0 fully saturated rings. The molecule has 22 nitrogen and oxygen atoms in total. The van der Waals surface area contributed by atoms with Crippen LogP contribution in [0.1, 0.15) is 140 Å². The second kappa shape index (κ2) is 39.9. The first-order valence-corrected chi connectivity index (χ1v) is 29.1. The number of esters is 4. The average molecular weight is 1160 g/mol. The molecule has 83 heavy (non-hydrogen) atoms. The Balaban J connectivity index is 1.23. The van der Waals surface area contributed by atoms with Gasteiger partial charge in [0.15, 0.2) is 0 Å². The summed E-state index contributed by atoms with van der Waals surface area (Å²) < 4.78 is 38.0. The van der Waals surface area contributed by atoms with Crippen molar-refractivity contribution in [2.24, 2.45) is 5.73 Å². The van der Waals surface area contributed by atoms with Crippen molar-refractivity contribution in [3.63, 3.8) is 0 Å². The van der Waals surface area contributed by atoms with E-state index >= 15 is 0 Å². The van der Waals surface area contributed by atoms with Gasteiger partial charge >= 0.3 is 30.0 Å². The van der Waals surface area contributed by atoms with Gasteiger partial charge in [0, 0.05) is 38.3 Å². The molecule has 0 heterocycles. The van der Waals surface area contributed by atoms with Gasteiger partial charge in [-0.05, 0) is 85.6 Å². The van der Waals surface area contributed by atoms with Crippen molar-refractivity contribution in [2.75, 3.05) is 65.9 Å². The molecule has 22 heteroatoms. The standard InChI is InChI=1S/C61H86N6O16/c1-4-7-34-79-55(70)30-27-51(59(74)81-36-9-6-3)66-53(68)29-26-50(58(73)67-52(28-31-56(71)80-35-8-5-2)60(75)82-40-43-19-11-10-12-20-43)65-54(69)42-78-39-38-77-37-33-63-57(72)49(62)25-17-18-32-64-61(76)83-41-48-46-23-15-13-21-44(46)45-22-14-16-24-47(45)48/h10-16,19-24,48-52H,4-9,17-18,25-42,62H2,1-3H3,(H,63,72)(H,64,76)(H,65,69)(H,66,68)(H,67,73). The molecule has 456 valence electrons. The van der Waals surface area contributed by atoms with E-state index in [-0.39, 0.29) is 103 Å². The van der Waals surface area contributed by atoms with Gasteiger partial charge in [-0.2, -0.15) is 0 Å². The Hall–Kier alpha value is -7.43. The summed E-state index contributed by atoms with van der Waals surface area (Å²) in [6.45, 7) is 6.40. The summed E-state index contributed by atoms with van der Waals surface area (Å²) in [5.74, 6) is -5.51. The van der Waals surface area contributed by atoms with Crippen LogP contribution in [0.25, 0.3) is 11.1 Å². The molecule has 5 amide bonds. The number of hydrogen-bond acceptors (Lipinski definition) is 17. The molecular weight excluding hydrogens is 1070 g/mol. The number of carbonyl (C=O) groups is 9. The topological polar surface area (TPSA) is 304 Å². The van der Waals surface area contributed by atoms with Crippen LogP contribution in [-0.4, -0.2) is 144 Å². The third kappa shape index (κ3) is 26.6. The van der Waals surface area contributed by atoms with E-state index in [2.05, 4.69) is 50.8 Å². The molecule has 0 aromatic heterocycles. The predicted octanol–water partition coefficient (Wildman–Crippen LogP) is 5.74. The Morgan fingerprint density at radius 3 is 1.65 bits per heavy atom. The van der Waals surface area contributed by atoms with Crippen molar-refractivity contribution in [1.29, 1.82) is 0 Å². The maximum absolute atomic E-state index is 14.1. The zero-order valence-corrected chi connectivity index (χ0v) is 48.4. The number of rotatable bonds is 42. The lowest BCUT2D eigenvalue weighted by Gasteiger charge is -2.23. The quantitative estimate of drug-likeness (QED) is 0.0224. The lowest BCUT2D eigenvalue weighted by Crippen LogP contribution is -2.53. The highest BCUT2D eigenvalue weighted by Crippen LogP contribution is 2.44. The molecule has 0 radical (unpaired) electrons. The van der Waals surface area contributed by atoms with E-state index in [1.807, 2.05) is 45.0 Å².